The maximum atomic E-state index is 11.5. The van der Waals surface area contributed by atoms with E-state index in [-0.39, 0.29) is 11.9 Å². The van der Waals surface area contributed by atoms with Crippen LogP contribution in [0.2, 0.25) is 0 Å². The standard InChI is InChI=1S/C8H14N4O2S/c1-5-10-8(14-12-5)11-7(13)6(9)3-4-15-2/h6H,3-4,9H2,1-2H3,(H,10,11,12,13)/t6-/m0/s1. The van der Waals surface area contributed by atoms with E-state index in [2.05, 4.69) is 15.5 Å². The summed E-state index contributed by atoms with van der Waals surface area (Å²) in [6.07, 6.45) is 2.59. The van der Waals surface area contributed by atoms with Crippen molar-refractivity contribution in [2.75, 3.05) is 17.3 Å². The van der Waals surface area contributed by atoms with Crippen LogP contribution in [0.5, 0.6) is 0 Å². The van der Waals surface area contributed by atoms with Crippen molar-refractivity contribution >= 4 is 23.7 Å². The molecule has 1 aromatic heterocycles. The Bertz CT molecular complexity index is 328. The SMILES string of the molecule is CSCC[C@H](N)C(=O)Nc1nc(C)no1. The third kappa shape index (κ3) is 3.88. The molecule has 0 aliphatic heterocycles. The molecule has 15 heavy (non-hydrogen) atoms. The van der Waals surface area contributed by atoms with Gasteiger partial charge < -0.3 is 10.3 Å². The number of hydrogen-bond acceptors (Lipinski definition) is 6. The highest BCUT2D eigenvalue weighted by atomic mass is 32.2. The van der Waals surface area contributed by atoms with Crippen molar-refractivity contribution in [1.29, 1.82) is 0 Å². The van der Waals surface area contributed by atoms with Gasteiger partial charge in [0.05, 0.1) is 6.04 Å². The number of hydrogen-bond donors (Lipinski definition) is 2. The number of carbonyl (C=O) groups excluding carboxylic acids is 1. The fraction of sp³-hybridized carbons (Fsp3) is 0.625. The second-order valence-electron chi connectivity index (χ2n) is 3.02. The minimum atomic E-state index is -0.537. The summed E-state index contributed by atoms with van der Waals surface area (Å²) in [6, 6.07) is -0.443. The fourth-order valence-electron chi connectivity index (χ4n) is 0.922. The number of aromatic nitrogens is 2. The Hall–Kier alpha value is -1.08. The summed E-state index contributed by atoms with van der Waals surface area (Å²) in [5, 5.41) is 6.00. The number of nitrogens with zero attached hydrogens (tertiary/aromatic N) is 2. The predicted octanol–water partition coefficient (Wildman–Crippen LogP) is 0.397. The molecular formula is C8H14N4O2S. The van der Waals surface area contributed by atoms with E-state index in [9.17, 15) is 4.79 Å². The lowest BCUT2D eigenvalue weighted by Gasteiger charge is -2.08. The molecule has 6 nitrogen and oxygen atoms in total. The molecule has 0 saturated carbocycles. The first-order chi connectivity index (χ1) is 7.13. The highest BCUT2D eigenvalue weighted by molar-refractivity contribution is 7.98. The average Bonchev–Trinajstić information content (AvgIpc) is 2.60. The highest BCUT2D eigenvalue weighted by Gasteiger charge is 2.15. The van der Waals surface area contributed by atoms with Crippen LogP contribution in [0.25, 0.3) is 0 Å². The Balaban J connectivity index is 2.41. The van der Waals surface area contributed by atoms with Gasteiger partial charge in [-0.15, -0.1) is 0 Å². The van der Waals surface area contributed by atoms with Gasteiger partial charge in [-0.2, -0.15) is 16.7 Å². The summed E-state index contributed by atoms with van der Waals surface area (Å²) in [6.45, 7) is 1.67. The molecule has 1 rings (SSSR count). The average molecular weight is 230 g/mol. The maximum Gasteiger partial charge on any atom is 0.328 e. The Morgan fingerprint density at radius 1 is 1.73 bits per heavy atom. The van der Waals surface area contributed by atoms with Crippen molar-refractivity contribution < 1.29 is 9.32 Å². The van der Waals surface area contributed by atoms with E-state index in [0.717, 1.165) is 5.75 Å². The largest absolute Gasteiger partial charge is 0.328 e. The number of aryl methyl sites for hydroxylation is 1. The summed E-state index contributed by atoms with van der Waals surface area (Å²) < 4.78 is 4.74. The van der Waals surface area contributed by atoms with E-state index >= 15 is 0 Å². The fourth-order valence-corrected chi connectivity index (χ4v) is 1.41. The highest BCUT2D eigenvalue weighted by Crippen LogP contribution is 2.04. The van der Waals surface area contributed by atoms with Gasteiger partial charge in [-0.1, -0.05) is 5.16 Å². The summed E-state index contributed by atoms with van der Waals surface area (Å²) in [4.78, 5) is 15.3. The lowest BCUT2D eigenvalue weighted by molar-refractivity contribution is -0.117. The molecule has 0 unspecified atom stereocenters. The molecule has 1 heterocycles. The van der Waals surface area contributed by atoms with Crippen molar-refractivity contribution in [2.45, 2.75) is 19.4 Å². The third-order valence-corrected chi connectivity index (χ3v) is 2.37. The first-order valence-electron chi connectivity index (χ1n) is 4.49. The van der Waals surface area contributed by atoms with Crippen LogP contribution in [-0.2, 0) is 4.79 Å². The van der Waals surface area contributed by atoms with Crippen LogP contribution < -0.4 is 11.1 Å². The second-order valence-corrected chi connectivity index (χ2v) is 4.01. The number of nitrogens with one attached hydrogen (secondary N) is 1. The minimum Gasteiger partial charge on any atom is -0.320 e. The molecule has 0 saturated heterocycles. The van der Waals surface area contributed by atoms with Crippen LogP contribution in [0, 0.1) is 6.92 Å². The van der Waals surface area contributed by atoms with Gasteiger partial charge in [-0.25, -0.2) is 0 Å². The zero-order valence-corrected chi connectivity index (χ0v) is 9.50. The van der Waals surface area contributed by atoms with Crippen LogP contribution in [0.1, 0.15) is 12.2 Å². The lowest BCUT2D eigenvalue weighted by Crippen LogP contribution is -2.36. The second kappa shape index (κ2) is 5.72. The Morgan fingerprint density at radius 3 is 3.00 bits per heavy atom. The Labute approximate surface area is 92.0 Å². The zero-order chi connectivity index (χ0) is 11.3. The van der Waals surface area contributed by atoms with E-state index in [0.29, 0.717) is 12.2 Å². The van der Waals surface area contributed by atoms with Crippen LogP contribution in [-0.4, -0.2) is 34.1 Å². The smallest absolute Gasteiger partial charge is 0.320 e. The molecule has 7 heteroatoms. The Morgan fingerprint density at radius 2 is 2.47 bits per heavy atom. The monoisotopic (exact) mass is 230 g/mol. The van der Waals surface area contributed by atoms with E-state index in [1.807, 2.05) is 6.26 Å². The summed E-state index contributed by atoms with van der Waals surface area (Å²) in [7, 11) is 0. The van der Waals surface area contributed by atoms with Crippen molar-refractivity contribution in [1.82, 2.24) is 10.1 Å². The molecule has 0 radical (unpaired) electrons. The van der Waals surface area contributed by atoms with Gasteiger partial charge in [0, 0.05) is 0 Å². The summed E-state index contributed by atoms with van der Waals surface area (Å²) >= 11 is 1.65. The summed E-state index contributed by atoms with van der Waals surface area (Å²) in [5.74, 6) is 1.02. The van der Waals surface area contributed by atoms with Crippen molar-refractivity contribution in [3.05, 3.63) is 5.82 Å². The molecule has 0 fully saturated rings. The zero-order valence-electron chi connectivity index (χ0n) is 8.69. The number of thioether (sulfide) groups is 1. The molecule has 1 aromatic rings. The number of anilines is 1. The molecule has 1 amide bonds. The number of carbonyl (C=O) groups is 1. The van der Waals surface area contributed by atoms with Gasteiger partial charge in [0.15, 0.2) is 5.82 Å². The van der Waals surface area contributed by atoms with Gasteiger partial charge >= 0.3 is 6.01 Å². The molecule has 3 N–H and O–H groups in total. The molecule has 84 valence electrons. The van der Waals surface area contributed by atoms with Crippen LogP contribution >= 0.6 is 11.8 Å². The molecular weight excluding hydrogens is 216 g/mol. The van der Waals surface area contributed by atoms with Gasteiger partial charge in [-0.05, 0) is 25.4 Å². The molecule has 0 bridgehead atoms. The Kier molecular flexibility index (Phi) is 4.57. The third-order valence-electron chi connectivity index (χ3n) is 1.73. The molecule has 0 aromatic carbocycles. The van der Waals surface area contributed by atoms with Gasteiger partial charge in [0.1, 0.15) is 0 Å². The van der Waals surface area contributed by atoms with E-state index in [1.165, 1.54) is 0 Å². The van der Waals surface area contributed by atoms with Crippen molar-refractivity contribution in [3.8, 4) is 0 Å². The van der Waals surface area contributed by atoms with Gasteiger partial charge in [0.25, 0.3) is 0 Å². The first-order valence-corrected chi connectivity index (χ1v) is 5.88. The molecule has 0 spiro atoms. The lowest BCUT2D eigenvalue weighted by atomic mass is 10.2. The van der Waals surface area contributed by atoms with E-state index in [4.69, 9.17) is 10.3 Å². The topological polar surface area (TPSA) is 94.0 Å². The molecule has 0 aliphatic carbocycles. The van der Waals surface area contributed by atoms with Gasteiger partial charge in [-0.3, -0.25) is 10.1 Å². The predicted molar refractivity (Wildman–Crippen MR) is 58.6 cm³/mol. The summed E-state index contributed by atoms with van der Waals surface area (Å²) in [5.41, 5.74) is 5.64. The van der Waals surface area contributed by atoms with E-state index < -0.39 is 6.04 Å². The van der Waals surface area contributed by atoms with Crippen LogP contribution in [0.15, 0.2) is 4.52 Å². The number of rotatable bonds is 5. The van der Waals surface area contributed by atoms with Crippen LogP contribution in [0.4, 0.5) is 6.01 Å². The maximum absolute atomic E-state index is 11.5. The van der Waals surface area contributed by atoms with Crippen LogP contribution in [0.3, 0.4) is 0 Å². The number of amides is 1. The number of nitrogens with two attached hydrogens (primary N) is 1. The van der Waals surface area contributed by atoms with Crippen molar-refractivity contribution in [2.24, 2.45) is 5.73 Å². The van der Waals surface area contributed by atoms with Crippen molar-refractivity contribution in [3.63, 3.8) is 0 Å². The normalized spacial score (nSPS) is 12.5. The molecule has 0 aliphatic rings. The minimum absolute atomic E-state index is 0.0945. The molecule has 1 atom stereocenters. The first kappa shape index (κ1) is 12.0. The van der Waals surface area contributed by atoms with Gasteiger partial charge in [0.2, 0.25) is 5.91 Å². The quantitative estimate of drug-likeness (QED) is 0.760. The van der Waals surface area contributed by atoms with E-state index in [1.54, 1.807) is 18.7 Å².